The number of ether oxygens (including phenoxy) is 1. The molecule has 2 heterocycles. The second-order valence-electron chi connectivity index (χ2n) is 5.48. The first-order chi connectivity index (χ1) is 9.75. The smallest absolute Gasteiger partial charge is 0.0724 e. The molecule has 2 aromatic rings. The highest BCUT2D eigenvalue weighted by Gasteiger charge is 2.21. The van der Waals surface area contributed by atoms with Gasteiger partial charge in [0.1, 0.15) is 0 Å². The topological polar surface area (TPSA) is 60.2 Å². The van der Waals surface area contributed by atoms with Crippen molar-refractivity contribution in [2.24, 2.45) is 5.92 Å². The minimum atomic E-state index is 0.398. The number of hydrogen-bond donors (Lipinski definition) is 2. The van der Waals surface area contributed by atoms with Gasteiger partial charge in [-0.15, -0.1) is 0 Å². The second-order valence-corrected chi connectivity index (χ2v) is 5.48. The van der Waals surface area contributed by atoms with Crippen LogP contribution >= 0.6 is 0 Å². The van der Waals surface area contributed by atoms with E-state index < -0.39 is 0 Å². The molecule has 1 aromatic heterocycles. The summed E-state index contributed by atoms with van der Waals surface area (Å²) in [7, 11) is 0. The number of nitrogens with two attached hydrogens (primary N) is 1. The molecule has 1 unspecified atom stereocenters. The van der Waals surface area contributed by atoms with Gasteiger partial charge in [0.25, 0.3) is 0 Å². The summed E-state index contributed by atoms with van der Waals surface area (Å²) in [6, 6.07) is 8.38. The number of pyridine rings is 1. The van der Waals surface area contributed by atoms with Gasteiger partial charge in [0.2, 0.25) is 0 Å². The van der Waals surface area contributed by atoms with Crippen LogP contribution in [-0.4, -0.2) is 24.2 Å². The number of nitrogens with one attached hydrogen (secondary N) is 1. The molecule has 0 radical (unpaired) electrons. The van der Waals surface area contributed by atoms with Crippen LogP contribution in [-0.2, 0) is 4.74 Å². The molecular formula is C16H21N3O. The van der Waals surface area contributed by atoms with Crippen molar-refractivity contribution < 1.29 is 4.74 Å². The van der Waals surface area contributed by atoms with Crippen LogP contribution < -0.4 is 11.1 Å². The molecule has 0 saturated carbocycles. The molecule has 0 bridgehead atoms. The number of nitrogen functional groups attached to an aromatic ring is 1. The van der Waals surface area contributed by atoms with Gasteiger partial charge in [0, 0.05) is 30.8 Å². The molecule has 0 amide bonds. The van der Waals surface area contributed by atoms with Gasteiger partial charge >= 0.3 is 0 Å². The maximum Gasteiger partial charge on any atom is 0.0724 e. The molecule has 3 N–H and O–H groups in total. The first kappa shape index (κ1) is 13.2. The highest BCUT2D eigenvalue weighted by Crippen LogP contribution is 2.30. The molecule has 3 rings (SSSR count). The average molecular weight is 271 g/mol. The van der Waals surface area contributed by atoms with Gasteiger partial charge in [0.15, 0.2) is 0 Å². The highest BCUT2D eigenvalue weighted by atomic mass is 16.5. The summed E-state index contributed by atoms with van der Waals surface area (Å²) >= 11 is 0. The van der Waals surface area contributed by atoms with E-state index in [1.165, 1.54) is 0 Å². The largest absolute Gasteiger partial charge is 0.397 e. The van der Waals surface area contributed by atoms with Gasteiger partial charge in [-0.05, 0) is 49.9 Å². The Bertz CT molecular complexity index is 593. The molecule has 1 aliphatic rings. The monoisotopic (exact) mass is 271 g/mol. The number of benzene rings is 1. The third-order valence-electron chi connectivity index (χ3n) is 4.18. The predicted octanol–water partition coefficient (Wildman–Crippen LogP) is 3.04. The molecular weight excluding hydrogens is 250 g/mol. The number of fused-ring (bicyclic) bond motifs is 1. The molecule has 1 aromatic carbocycles. The van der Waals surface area contributed by atoms with Crippen molar-refractivity contribution in [3.63, 3.8) is 0 Å². The number of aromatic nitrogens is 1. The van der Waals surface area contributed by atoms with E-state index in [2.05, 4.69) is 17.2 Å². The molecule has 4 heteroatoms. The van der Waals surface area contributed by atoms with Gasteiger partial charge in [-0.25, -0.2) is 0 Å². The molecule has 1 aliphatic heterocycles. The standard InChI is InChI=1S/C16H21N3O/c1-11(12-6-9-20-10-7-12)19-15-5-4-14-13(16(15)17)3-2-8-18-14/h2-5,8,11-12,19H,6-7,9-10,17H2,1H3. The molecule has 1 atom stereocenters. The summed E-state index contributed by atoms with van der Waals surface area (Å²) < 4.78 is 5.42. The Kier molecular flexibility index (Phi) is 3.74. The zero-order chi connectivity index (χ0) is 13.9. The van der Waals surface area contributed by atoms with Crippen LogP contribution in [0.1, 0.15) is 19.8 Å². The van der Waals surface area contributed by atoms with Crippen molar-refractivity contribution in [2.45, 2.75) is 25.8 Å². The van der Waals surface area contributed by atoms with Crippen LogP contribution in [0.25, 0.3) is 10.9 Å². The van der Waals surface area contributed by atoms with Gasteiger partial charge in [-0.3, -0.25) is 4.98 Å². The lowest BCUT2D eigenvalue weighted by Gasteiger charge is -2.29. The molecule has 1 fully saturated rings. The lowest BCUT2D eigenvalue weighted by atomic mass is 9.92. The SMILES string of the molecule is CC(Nc1ccc2ncccc2c1N)C1CCOCC1. The van der Waals surface area contributed by atoms with Crippen molar-refractivity contribution in [3.05, 3.63) is 30.5 Å². The fourth-order valence-electron chi connectivity index (χ4n) is 2.88. The fraction of sp³-hybridized carbons (Fsp3) is 0.438. The van der Waals surface area contributed by atoms with Crippen LogP contribution in [0, 0.1) is 5.92 Å². The molecule has 106 valence electrons. The Morgan fingerprint density at radius 3 is 2.90 bits per heavy atom. The number of nitrogens with zero attached hydrogens (tertiary/aromatic N) is 1. The van der Waals surface area contributed by atoms with Crippen LogP contribution in [0.3, 0.4) is 0 Å². The Hall–Kier alpha value is -1.81. The zero-order valence-corrected chi connectivity index (χ0v) is 11.8. The number of rotatable bonds is 3. The maximum absolute atomic E-state index is 6.27. The fourth-order valence-corrected chi connectivity index (χ4v) is 2.88. The number of hydrogen-bond acceptors (Lipinski definition) is 4. The van der Waals surface area contributed by atoms with Crippen LogP contribution in [0.2, 0.25) is 0 Å². The lowest BCUT2D eigenvalue weighted by Crippen LogP contribution is -2.31. The molecule has 4 nitrogen and oxygen atoms in total. The van der Waals surface area contributed by atoms with E-state index in [-0.39, 0.29) is 0 Å². The molecule has 0 aliphatic carbocycles. The van der Waals surface area contributed by atoms with Gasteiger partial charge in [-0.2, -0.15) is 0 Å². The molecule has 1 saturated heterocycles. The van der Waals surface area contributed by atoms with E-state index in [0.29, 0.717) is 12.0 Å². The molecule has 20 heavy (non-hydrogen) atoms. The summed E-state index contributed by atoms with van der Waals surface area (Å²) in [6.07, 6.45) is 4.02. The Morgan fingerprint density at radius 2 is 2.10 bits per heavy atom. The third-order valence-corrected chi connectivity index (χ3v) is 4.18. The van der Waals surface area contributed by atoms with Gasteiger partial charge in [0.05, 0.1) is 16.9 Å². The van der Waals surface area contributed by atoms with E-state index in [0.717, 1.165) is 48.3 Å². The van der Waals surface area contributed by atoms with Crippen molar-refractivity contribution >= 4 is 22.3 Å². The van der Waals surface area contributed by atoms with Crippen molar-refractivity contribution in [1.82, 2.24) is 4.98 Å². The second kappa shape index (κ2) is 5.67. The summed E-state index contributed by atoms with van der Waals surface area (Å²) in [4.78, 5) is 4.33. The van der Waals surface area contributed by atoms with Crippen molar-refractivity contribution in [2.75, 3.05) is 24.3 Å². The summed E-state index contributed by atoms with van der Waals surface area (Å²) in [5.74, 6) is 0.646. The number of anilines is 2. The summed E-state index contributed by atoms with van der Waals surface area (Å²) in [6.45, 7) is 3.96. The van der Waals surface area contributed by atoms with E-state index in [1.807, 2.05) is 24.3 Å². The third kappa shape index (κ3) is 2.56. The minimum absolute atomic E-state index is 0.398. The van der Waals surface area contributed by atoms with Crippen molar-refractivity contribution in [3.8, 4) is 0 Å². The van der Waals surface area contributed by atoms with Gasteiger partial charge in [-0.1, -0.05) is 0 Å². The van der Waals surface area contributed by atoms with E-state index in [9.17, 15) is 0 Å². The summed E-state index contributed by atoms with van der Waals surface area (Å²) in [5, 5.41) is 4.57. The Morgan fingerprint density at radius 1 is 1.30 bits per heavy atom. The lowest BCUT2D eigenvalue weighted by molar-refractivity contribution is 0.0622. The van der Waals surface area contributed by atoms with Crippen LogP contribution in [0.4, 0.5) is 11.4 Å². The van der Waals surface area contributed by atoms with E-state index in [4.69, 9.17) is 10.5 Å². The minimum Gasteiger partial charge on any atom is -0.397 e. The quantitative estimate of drug-likeness (QED) is 0.842. The predicted molar refractivity (Wildman–Crippen MR) is 82.8 cm³/mol. The molecule has 0 spiro atoms. The summed E-state index contributed by atoms with van der Waals surface area (Å²) in [5.41, 5.74) is 9.00. The zero-order valence-electron chi connectivity index (χ0n) is 11.8. The van der Waals surface area contributed by atoms with E-state index >= 15 is 0 Å². The normalized spacial score (nSPS) is 18.1. The van der Waals surface area contributed by atoms with E-state index in [1.54, 1.807) is 6.20 Å². The van der Waals surface area contributed by atoms with Crippen LogP contribution in [0.5, 0.6) is 0 Å². The Balaban J connectivity index is 1.81. The van der Waals surface area contributed by atoms with Crippen molar-refractivity contribution in [1.29, 1.82) is 0 Å². The van der Waals surface area contributed by atoms with Gasteiger partial charge < -0.3 is 15.8 Å². The Labute approximate surface area is 119 Å². The highest BCUT2D eigenvalue weighted by molar-refractivity contribution is 5.96. The first-order valence-electron chi connectivity index (χ1n) is 7.23. The maximum atomic E-state index is 6.27. The van der Waals surface area contributed by atoms with Crippen LogP contribution in [0.15, 0.2) is 30.5 Å². The first-order valence-corrected chi connectivity index (χ1v) is 7.23. The average Bonchev–Trinajstić information content (AvgIpc) is 2.51.